The highest BCUT2D eigenvalue weighted by Crippen LogP contribution is 2.21. The molecule has 0 aliphatic carbocycles. The first kappa shape index (κ1) is 20.8. The van der Waals surface area contributed by atoms with Gasteiger partial charge in [0.05, 0.1) is 0 Å². The minimum atomic E-state index is -0.176. The summed E-state index contributed by atoms with van der Waals surface area (Å²) in [5, 5.41) is 0.687. The van der Waals surface area contributed by atoms with Crippen molar-refractivity contribution in [2.75, 3.05) is 24.5 Å². The number of carbonyl (C=O) groups excluding carboxylic acids is 2. The van der Waals surface area contributed by atoms with Gasteiger partial charge >= 0.3 is 0 Å². The highest BCUT2D eigenvalue weighted by atomic mass is 35.5. The summed E-state index contributed by atoms with van der Waals surface area (Å²) in [6.07, 6.45) is 0. The van der Waals surface area contributed by atoms with Gasteiger partial charge in [-0.05, 0) is 55.8 Å². The van der Waals surface area contributed by atoms with Gasteiger partial charge in [-0.3, -0.25) is 9.59 Å². The lowest BCUT2D eigenvalue weighted by Gasteiger charge is -2.25. The zero-order chi connectivity index (χ0) is 19.8. The van der Waals surface area contributed by atoms with Crippen LogP contribution in [0, 0.1) is 0 Å². The van der Waals surface area contributed by atoms with Gasteiger partial charge < -0.3 is 14.5 Å². The number of halogens is 1. The second-order valence-electron chi connectivity index (χ2n) is 6.08. The van der Waals surface area contributed by atoms with Crippen LogP contribution in [0.2, 0.25) is 5.02 Å². The summed E-state index contributed by atoms with van der Waals surface area (Å²) >= 11 is 5.88. The zero-order valence-corrected chi connectivity index (χ0v) is 16.7. The van der Waals surface area contributed by atoms with Crippen LogP contribution in [0.5, 0.6) is 5.75 Å². The molecule has 2 rings (SSSR count). The minimum absolute atomic E-state index is 0.0298. The van der Waals surface area contributed by atoms with Crippen molar-refractivity contribution in [2.24, 2.45) is 0 Å². The second-order valence-corrected chi connectivity index (χ2v) is 6.52. The average molecular weight is 389 g/mol. The molecule has 0 atom stereocenters. The lowest BCUT2D eigenvalue weighted by molar-refractivity contribution is -0.130. The van der Waals surface area contributed by atoms with Crippen molar-refractivity contribution in [1.82, 2.24) is 4.90 Å². The molecule has 0 aliphatic heterocycles. The second kappa shape index (κ2) is 9.97. The van der Waals surface area contributed by atoms with E-state index in [0.29, 0.717) is 36.2 Å². The maximum absolute atomic E-state index is 12.3. The van der Waals surface area contributed by atoms with E-state index in [1.807, 2.05) is 38.1 Å². The van der Waals surface area contributed by atoms with Crippen molar-refractivity contribution in [3.8, 4) is 5.75 Å². The Morgan fingerprint density at radius 3 is 2.07 bits per heavy atom. The van der Waals surface area contributed by atoms with Gasteiger partial charge in [0.1, 0.15) is 18.9 Å². The highest BCUT2D eigenvalue weighted by molar-refractivity contribution is 6.30. The molecule has 0 aliphatic rings. The number of hydrogen-bond acceptors (Lipinski definition) is 3. The van der Waals surface area contributed by atoms with Gasteiger partial charge in [0.25, 0.3) is 0 Å². The van der Waals surface area contributed by atoms with Crippen molar-refractivity contribution in [3.05, 3.63) is 59.1 Å². The molecule has 0 heterocycles. The van der Waals surface area contributed by atoms with E-state index in [1.54, 1.807) is 29.2 Å². The first-order valence-corrected chi connectivity index (χ1v) is 9.35. The first-order chi connectivity index (χ1) is 12.9. The van der Waals surface area contributed by atoms with E-state index < -0.39 is 0 Å². The molecule has 27 heavy (non-hydrogen) atoms. The number of ether oxygens (including phenoxy) is 1. The Morgan fingerprint density at radius 2 is 1.56 bits per heavy atom. The number of likely N-dealkylation sites (N-methyl/N-ethyl adjacent to an activating group) is 1. The molecule has 2 aromatic carbocycles. The summed E-state index contributed by atoms with van der Waals surface area (Å²) in [6, 6.07) is 14.6. The van der Waals surface area contributed by atoms with E-state index in [2.05, 4.69) is 0 Å². The normalized spacial score (nSPS) is 10.4. The fourth-order valence-electron chi connectivity index (χ4n) is 2.67. The van der Waals surface area contributed by atoms with Crippen molar-refractivity contribution < 1.29 is 14.3 Å². The molecule has 0 saturated carbocycles. The highest BCUT2D eigenvalue weighted by Gasteiger charge is 2.18. The number of anilines is 1. The summed E-state index contributed by atoms with van der Waals surface area (Å²) in [7, 11) is 0. The maximum Gasteiger partial charge on any atom is 0.242 e. The Morgan fingerprint density at radius 1 is 0.963 bits per heavy atom. The van der Waals surface area contributed by atoms with E-state index >= 15 is 0 Å². The van der Waals surface area contributed by atoms with E-state index in [-0.39, 0.29) is 18.4 Å². The Balaban J connectivity index is 2.02. The van der Waals surface area contributed by atoms with E-state index in [9.17, 15) is 9.59 Å². The standard InChI is InChI=1S/C21H25ClN2O3/c1-4-23(5-2)21(26)14-24(16(3)25)19-10-12-20(13-11-19)27-15-17-6-8-18(22)9-7-17/h6-13H,4-5,14-15H2,1-3H3. The summed E-state index contributed by atoms with van der Waals surface area (Å²) in [5.41, 5.74) is 1.68. The zero-order valence-electron chi connectivity index (χ0n) is 15.9. The lowest BCUT2D eigenvalue weighted by atomic mass is 10.2. The molecule has 0 fully saturated rings. The summed E-state index contributed by atoms with van der Waals surface area (Å²) in [4.78, 5) is 27.5. The van der Waals surface area contributed by atoms with Crippen molar-refractivity contribution in [1.29, 1.82) is 0 Å². The molecule has 144 valence electrons. The molecule has 0 bridgehead atoms. The van der Waals surface area contributed by atoms with Crippen LogP contribution in [0.15, 0.2) is 48.5 Å². The van der Waals surface area contributed by atoms with Gasteiger partial charge in [-0.2, -0.15) is 0 Å². The van der Waals surface area contributed by atoms with E-state index in [4.69, 9.17) is 16.3 Å². The smallest absolute Gasteiger partial charge is 0.242 e. The average Bonchev–Trinajstić information content (AvgIpc) is 2.67. The van der Waals surface area contributed by atoms with Crippen LogP contribution in [0.25, 0.3) is 0 Å². The van der Waals surface area contributed by atoms with Gasteiger partial charge in [-0.25, -0.2) is 0 Å². The van der Waals surface area contributed by atoms with Gasteiger partial charge in [0.15, 0.2) is 0 Å². The number of carbonyl (C=O) groups is 2. The molecule has 2 amide bonds. The molecule has 0 saturated heterocycles. The molecular weight excluding hydrogens is 364 g/mol. The van der Waals surface area contributed by atoms with E-state index in [1.165, 1.54) is 11.8 Å². The predicted molar refractivity (Wildman–Crippen MR) is 108 cm³/mol. The van der Waals surface area contributed by atoms with Crippen LogP contribution in [0.4, 0.5) is 5.69 Å². The molecule has 0 radical (unpaired) electrons. The molecule has 0 spiro atoms. The molecule has 0 aromatic heterocycles. The van der Waals surface area contributed by atoms with Crippen LogP contribution < -0.4 is 9.64 Å². The largest absolute Gasteiger partial charge is 0.489 e. The third kappa shape index (κ3) is 6.00. The predicted octanol–water partition coefficient (Wildman–Crippen LogP) is 4.14. The monoisotopic (exact) mass is 388 g/mol. The molecular formula is C21H25ClN2O3. The van der Waals surface area contributed by atoms with Crippen molar-refractivity contribution >= 4 is 29.1 Å². The van der Waals surface area contributed by atoms with Crippen molar-refractivity contribution in [2.45, 2.75) is 27.4 Å². The quantitative estimate of drug-likeness (QED) is 0.682. The van der Waals surface area contributed by atoms with Crippen LogP contribution in [0.1, 0.15) is 26.3 Å². The lowest BCUT2D eigenvalue weighted by Crippen LogP contribution is -2.42. The minimum Gasteiger partial charge on any atom is -0.489 e. The fraction of sp³-hybridized carbons (Fsp3) is 0.333. The Labute approximate surface area is 165 Å². The summed E-state index contributed by atoms with van der Waals surface area (Å²) < 4.78 is 5.76. The first-order valence-electron chi connectivity index (χ1n) is 8.97. The molecule has 2 aromatic rings. The molecule has 0 unspecified atom stereocenters. The van der Waals surface area contributed by atoms with Crippen molar-refractivity contribution in [3.63, 3.8) is 0 Å². The van der Waals surface area contributed by atoms with Crippen LogP contribution >= 0.6 is 11.6 Å². The van der Waals surface area contributed by atoms with Gasteiger partial charge in [-0.1, -0.05) is 23.7 Å². The van der Waals surface area contributed by atoms with Gasteiger partial charge in [0.2, 0.25) is 11.8 Å². The number of amides is 2. The number of rotatable bonds is 8. The Hall–Kier alpha value is -2.53. The SMILES string of the molecule is CCN(CC)C(=O)CN(C(C)=O)c1ccc(OCc2ccc(Cl)cc2)cc1. The van der Waals surface area contributed by atoms with E-state index in [0.717, 1.165) is 5.56 Å². The van der Waals surface area contributed by atoms with Crippen LogP contribution in [-0.2, 0) is 16.2 Å². The topological polar surface area (TPSA) is 49.9 Å². The fourth-order valence-corrected chi connectivity index (χ4v) is 2.79. The molecule has 5 nitrogen and oxygen atoms in total. The number of nitrogens with zero attached hydrogens (tertiary/aromatic N) is 2. The summed E-state index contributed by atoms with van der Waals surface area (Å²) in [5.74, 6) is 0.441. The molecule has 0 N–H and O–H groups in total. The van der Waals surface area contributed by atoms with Gasteiger partial charge in [-0.15, -0.1) is 0 Å². The number of benzene rings is 2. The Bertz CT molecular complexity index is 756. The maximum atomic E-state index is 12.3. The third-order valence-electron chi connectivity index (χ3n) is 4.26. The van der Waals surface area contributed by atoms with Crippen LogP contribution in [0.3, 0.4) is 0 Å². The Kier molecular flexibility index (Phi) is 7.67. The third-order valence-corrected chi connectivity index (χ3v) is 4.51. The van der Waals surface area contributed by atoms with Gasteiger partial charge in [0, 0.05) is 30.7 Å². The summed E-state index contributed by atoms with van der Waals surface area (Å²) in [6.45, 7) is 7.01. The number of hydrogen-bond donors (Lipinski definition) is 0. The molecule has 6 heteroatoms. The van der Waals surface area contributed by atoms with Crippen LogP contribution in [-0.4, -0.2) is 36.3 Å².